The number of thiophene rings is 1. The molecule has 0 saturated carbocycles. The summed E-state index contributed by atoms with van der Waals surface area (Å²) in [4.78, 5) is 34.3. The maximum atomic E-state index is 13.3. The van der Waals surface area contributed by atoms with Gasteiger partial charge in [0.1, 0.15) is 16.5 Å². The zero-order valence-corrected chi connectivity index (χ0v) is 17.7. The lowest BCUT2D eigenvalue weighted by molar-refractivity contribution is 0.102. The Labute approximate surface area is 180 Å². The van der Waals surface area contributed by atoms with E-state index in [9.17, 15) is 14.0 Å². The average Bonchev–Trinajstić information content (AvgIpc) is 3.06. The molecule has 0 bridgehead atoms. The molecule has 0 saturated heterocycles. The van der Waals surface area contributed by atoms with Crippen molar-refractivity contribution in [2.75, 3.05) is 5.32 Å². The van der Waals surface area contributed by atoms with E-state index in [1.807, 2.05) is 13.8 Å². The predicted molar refractivity (Wildman–Crippen MR) is 119 cm³/mol. The molecule has 4 rings (SSSR count). The molecule has 0 spiro atoms. The molecule has 2 N–H and O–H groups in total. The van der Waals surface area contributed by atoms with Crippen molar-refractivity contribution >= 4 is 44.7 Å². The molecule has 0 radical (unpaired) electrons. The Morgan fingerprint density at radius 2 is 1.97 bits per heavy atom. The first kappa shape index (κ1) is 20.3. The van der Waals surface area contributed by atoms with Gasteiger partial charge in [-0.05, 0) is 49.2 Å². The van der Waals surface area contributed by atoms with Gasteiger partial charge >= 0.3 is 0 Å². The number of amides is 1. The van der Waals surface area contributed by atoms with Crippen LogP contribution >= 0.6 is 22.9 Å². The van der Waals surface area contributed by atoms with Crippen LogP contribution in [0.1, 0.15) is 27.7 Å². The Hall–Kier alpha value is -3.03. The number of benzene rings is 2. The molecule has 0 aliphatic carbocycles. The van der Waals surface area contributed by atoms with E-state index in [0.29, 0.717) is 32.9 Å². The highest BCUT2D eigenvalue weighted by Gasteiger charge is 2.15. The van der Waals surface area contributed by atoms with Crippen LogP contribution in [0.3, 0.4) is 0 Å². The van der Waals surface area contributed by atoms with Gasteiger partial charge in [-0.25, -0.2) is 9.37 Å². The second-order valence-corrected chi connectivity index (χ2v) is 8.36. The third-order valence-corrected chi connectivity index (χ3v) is 6.15. The normalized spacial score (nSPS) is 11.1. The van der Waals surface area contributed by atoms with E-state index in [0.717, 1.165) is 16.9 Å². The lowest BCUT2D eigenvalue weighted by Crippen LogP contribution is -2.12. The molecule has 2 heterocycles. The first-order valence-corrected chi connectivity index (χ1v) is 10.5. The monoisotopic (exact) mass is 441 g/mol. The second-order valence-electron chi connectivity index (χ2n) is 6.75. The number of nitrogens with zero attached hydrogens (tertiary/aromatic N) is 1. The highest BCUT2D eigenvalue weighted by Crippen LogP contribution is 2.29. The quantitative estimate of drug-likeness (QED) is 0.435. The summed E-state index contributed by atoms with van der Waals surface area (Å²) in [5, 5.41) is 3.26. The van der Waals surface area contributed by atoms with Crippen molar-refractivity contribution < 1.29 is 9.18 Å². The lowest BCUT2D eigenvalue weighted by Gasteiger charge is -2.07. The van der Waals surface area contributed by atoms with Gasteiger partial charge in [0.15, 0.2) is 0 Å². The van der Waals surface area contributed by atoms with Crippen LogP contribution in [0.15, 0.2) is 47.3 Å². The summed E-state index contributed by atoms with van der Waals surface area (Å²) in [6, 6.07) is 10.7. The molecule has 0 fully saturated rings. The van der Waals surface area contributed by atoms with E-state index in [4.69, 9.17) is 11.6 Å². The molecule has 2 aromatic heterocycles. The maximum Gasteiger partial charge on any atom is 0.260 e. The first-order valence-electron chi connectivity index (χ1n) is 9.26. The van der Waals surface area contributed by atoms with E-state index in [1.165, 1.54) is 29.5 Å². The van der Waals surface area contributed by atoms with E-state index in [1.54, 1.807) is 24.3 Å². The average molecular weight is 442 g/mol. The number of hydrogen-bond donors (Lipinski definition) is 2. The summed E-state index contributed by atoms with van der Waals surface area (Å²) >= 11 is 7.25. The van der Waals surface area contributed by atoms with Crippen molar-refractivity contribution in [1.29, 1.82) is 0 Å². The molecule has 8 heteroatoms. The van der Waals surface area contributed by atoms with Crippen LogP contribution in [0.25, 0.3) is 21.6 Å². The minimum atomic E-state index is -0.551. The van der Waals surface area contributed by atoms with Gasteiger partial charge in [-0.1, -0.05) is 30.7 Å². The third kappa shape index (κ3) is 3.74. The number of halogens is 2. The molecule has 5 nitrogen and oxygen atoms in total. The zero-order chi connectivity index (χ0) is 21.4. The standard InChI is InChI=1S/C22H17ClFN3O2S/c1-3-15-11(2)30-22-18(15)21(29)26-19(27-22)12-4-6-13(7-5-12)20(28)25-14-8-9-17(24)16(23)10-14/h4-10H,3H2,1-2H3,(H,25,28)(H,26,27,29). The van der Waals surface area contributed by atoms with Crippen molar-refractivity contribution in [3.8, 4) is 11.4 Å². The number of aromatic nitrogens is 2. The van der Waals surface area contributed by atoms with Crippen LogP contribution in [-0.4, -0.2) is 15.9 Å². The van der Waals surface area contributed by atoms with Crippen molar-refractivity contribution in [3.05, 3.63) is 79.7 Å². The van der Waals surface area contributed by atoms with Gasteiger partial charge in [0.25, 0.3) is 11.5 Å². The van der Waals surface area contributed by atoms with E-state index < -0.39 is 5.82 Å². The number of aryl methyl sites for hydroxylation is 2. The number of carbonyl (C=O) groups is 1. The molecule has 0 atom stereocenters. The summed E-state index contributed by atoms with van der Waals surface area (Å²) in [5.41, 5.74) is 2.36. The van der Waals surface area contributed by atoms with Gasteiger partial charge in [0.2, 0.25) is 0 Å². The SMILES string of the molecule is CCc1c(C)sc2nc(-c3ccc(C(=O)Nc4ccc(F)c(Cl)c4)cc3)[nH]c(=O)c12. The molecule has 2 aromatic carbocycles. The summed E-state index contributed by atoms with van der Waals surface area (Å²) < 4.78 is 13.3. The van der Waals surface area contributed by atoms with Crippen molar-refractivity contribution in [2.24, 2.45) is 0 Å². The van der Waals surface area contributed by atoms with Gasteiger partial charge in [-0.3, -0.25) is 9.59 Å². The second kappa shape index (κ2) is 8.01. The van der Waals surface area contributed by atoms with Gasteiger partial charge in [0.05, 0.1) is 10.4 Å². The Kier molecular flexibility index (Phi) is 5.40. The number of aromatic amines is 1. The Bertz CT molecular complexity index is 1330. The summed E-state index contributed by atoms with van der Waals surface area (Å²) in [7, 11) is 0. The number of hydrogen-bond acceptors (Lipinski definition) is 4. The number of fused-ring (bicyclic) bond motifs is 1. The topological polar surface area (TPSA) is 74.8 Å². The van der Waals surface area contributed by atoms with Gasteiger partial charge in [-0.15, -0.1) is 11.3 Å². The highest BCUT2D eigenvalue weighted by atomic mass is 35.5. The summed E-state index contributed by atoms with van der Waals surface area (Å²) in [6.07, 6.45) is 0.777. The van der Waals surface area contributed by atoms with Gasteiger partial charge < -0.3 is 10.3 Å². The van der Waals surface area contributed by atoms with Gasteiger partial charge in [-0.2, -0.15) is 0 Å². The van der Waals surface area contributed by atoms with Crippen LogP contribution < -0.4 is 10.9 Å². The Morgan fingerprint density at radius 3 is 2.63 bits per heavy atom. The van der Waals surface area contributed by atoms with Crippen LogP contribution in [-0.2, 0) is 6.42 Å². The smallest absolute Gasteiger partial charge is 0.260 e. The number of nitrogens with one attached hydrogen (secondary N) is 2. The van der Waals surface area contributed by atoms with Crippen LogP contribution in [0.2, 0.25) is 5.02 Å². The van der Waals surface area contributed by atoms with Crippen LogP contribution in [0, 0.1) is 12.7 Å². The molecule has 0 aliphatic heterocycles. The maximum absolute atomic E-state index is 13.3. The van der Waals surface area contributed by atoms with Crippen molar-refractivity contribution in [1.82, 2.24) is 9.97 Å². The minimum Gasteiger partial charge on any atom is -0.322 e. The van der Waals surface area contributed by atoms with Crippen molar-refractivity contribution in [2.45, 2.75) is 20.3 Å². The third-order valence-electron chi connectivity index (χ3n) is 4.81. The minimum absolute atomic E-state index is 0.0661. The fraction of sp³-hybridized carbons (Fsp3) is 0.136. The fourth-order valence-corrected chi connectivity index (χ4v) is 4.59. The lowest BCUT2D eigenvalue weighted by atomic mass is 10.1. The first-order chi connectivity index (χ1) is 14.4. The molecular weight excluding hydrogens is 425 g/mol. The number of anilines is 1. The van der Waals surface area contributed by atoms with Crippen LogP contribution in [0.5, 0.6) is 0 Å². The molecule has 30 heavy (non-hydrogen) atoms. The summed E-state index contributed by atoms with van der Waals surface area (Å²) in [5.74, 6) is -0.458. The molecule has 152 valence electrons. The molecule has 1 amide bonds. The molecular formula is C22H17ClFN3O2S. The zero-order valence-electron chi connectivity index (χ0n) is 16.2. The van der Waals surface area contributed by atoms with Gasteiger partial charge in [0, 0.05) is 21.7 Å². The predicted octanol–water partition coefficient (Wildman–Crippen LogP) is 5.57. The van der Waals surface area contributed by atoms with E-state index in [-0.39, 0.29) is 16.5 Å². The number of carbonyl (C=O) groups excluding carboxylic acids is 1. The number of rotatable bonds is 4. The van der Waals surface area contributed by atoms with E-state index in [2.05, 4.69) is 15.3 Å². The fourth-order valence-electron chi connectivity index (χ4n) is 3.29. The molecule has 0 unspecified atom stereocenters. The van der Waals surface area contributed by atoms with Crippen LogP contribution in [0.4, 0.5) is 10.1 Å². The highest BCUT2D eigenvalue weighted by molar-refractivity contribution is 7.18. The molecule has 0 aliphatic rings. The summed E-state index contributed by atoms with van der Waals surface area (Å²) in [6.45, 7) is 4.01. The number of H-pyrrole nitrogens is 1. The molecule has 4 aromatic rings. The Morgan fingerprint density at radius 1 is 1.23 bits per heavy atom. The van der Waals surface area contributed by atoms with Crippen molar-refractivity contribution in [3.63, 3.8) is 0 Å². The van der Waals surface area contributed by atoms with E-state index >= 15 is 0 Å². The largest absolute Gasteiger partial charge is 0.322 e. The Balaban J connectivity index is 1.61.